The van der Waals surface area contributed by atoms with Crippen LogP contribution in [0.25, 0.3) is 11.4 Å². The number of ether oxygens (including phenoxy) is 2. The van der Waals surface area contributed by atoms with Crippen molar-refractivity contribution in [2.24, 2.45) is 0 Å². The Hall–Kier alpha value is -3.52. The number of rotatable bonds is 8. The zero-order valence-electron chi connectivity index (χ0n) is 18.4. The lowest BCUT2D eigenvalue weighted by molar-refractivity contribution is -0.143. The van der Waals surface area contributed by atoms with Crippen LogP contribution in [0.2, 0.25) is 0 Å². The smallest absolute Gasteiger partial charge is 0.306 e. The van der Waals surface area contributed by atoms with E-state index in [0.717, 1.165) is 34.0 Å². The van der Waals surface area contributed by atoms with Gasteiger partial charge < -0.3 is 14.0 Å². The lowest BCUT2D eigenvalue weighted by Crippen LogP contribution is -2.07. The first-order valence-corrected chi connectivity index (χ1v) is 10.6. The molecule has 0 aliphatic heterocycles. The molecule has 5 heteroatoms. The molecule has 0 atom stereocenters. The van der Waals surface area contributed by atoms with Gasteiger partial charge in [0.2, 0.25) is 0 Å². The second-order valence-corrected chi connectivity index (χ2v) is 7.03. The highest BCUT2D eigenvalue weighted by Gasteiger charge is 2.11. The summed E-state index contributed by atoms with van der Waals surface area (Å²) in [6, 6.07) is 16.0. The number of benzene rings is 2. The summed E-state index contributed by atoms with van der Waals surface area (Å²) in [5, 5.41) is 0. The van der Waals surface area contributed by atoms with E-state index >= 15 is 0 Å². The number of para-hydroxylation sites is 1. The van der Waals surface area contributed by atoms with Crippen LogP contribution in [0.1, 0.15) is 37.1 Å². The van der Waals surface area contributed by atoms with Crippen molar-refractivity contribution in [2.45, 2.75) is 40.2 Å². The third-order valence-electron chi connectivity index (χ3n) is 4.69. The highest BCUT2D eigenvalue weighted by molar-refractivity contribution is 5.70. The van der Waals surface area contributed by atoms with Crippen molar-refractivity contribution in [1.82, 2.24) is 9.55 Å². The van der Waals surface area contributed by atoms with Crippen LogP contribution in [0, 0.1) is 18.8 Å². The van der Waals surface area contributed by atoms with Crippen LogP contribution in [0.15, 0.2) is 54.7 Å². The molecule has 160 valence electrons. The molecule has 3 rings (SSSR count). The second-order valence-electron chi connectivity index (χ2n) is 7.03. The predicted octanol–water partition coefficient (Wildman–Crippen LogP) is 4.80. The molecule has 0 aliphatic carbocycles. The number of aryl methyl sites for hydroxylation is 2. The molecule has 2 aromatic carbocycles. The highest BCUT2D eigenvalue weighted by Crippen LogP contribution is 2.25. The Kier molecular flexibility index (Phi) is 7.89. The third-order valence-corrected chi connectivity index (χ3v) is 4.69. The molecular formula is C26H28N2O3. The van der Waals surface area contributed by atoms with E-state index in [-0.39, 0.29) is 5.97 Å². The zero-order valence-corrected chi connectivity index (χ0v) is 18.4. The molecule has 0 radical (unpaired) electrons. The van der Waals surface area contributed by atoms with Crippen LogP contribution in [0.3, 0.4) is 0 Å². The Bertz CT molecular complexity index is 1080. The van der Waals surface area contributed by atoms with Gasteiger partial charge >= 0.3 is 5.97 Å². The van der Waals surface area contributed by atoms with Gasteiger partial charge in [0.25, 0.3) is 0 Å². The van der Waals surface area contributed by atoms with Crippen molar-refractivity contribution in [2.75, 3.05) is 13.2 Å². The van der Waals surface area contributed by atoms with Gasteiger partial charge in [-0.2, -0.15) is 0 Å². The summed E-state index contributed by atoms with van der Waals surface area (Å²) in [4.78, 5) is 16.4. The molecule has 1 aromatic heterocycles. The molecule has 1 heterocycles. The van der Waals surface area contributed by atoms with Gasteiger partial charge in [-0.3, -0.25) is 4.79 Å². The van der Waals surface area contributed by atoms with Crippen LogP contribution in [-0.2, 0) is 22.5 Å². The minimum absolute atomic E-state index is 0.203. The number of carbonyl (C=O) groups excluding carboxylic acids is 1. The maximum atomic E-state index is 11.8. The Labute approximate surface area is 184 Å². The molecule has 0 fully saturated rings. The molecule has 0 saturated carbocycles. The van der Waals surface area contributed by atoms with E-state index in [4.69, 9.17) is 9.47 Å². The van der Waals surface area contributed by atoms with E-state index in [1.807, 2.05) is 75.5 Å². The number of carbonyl (C=O) groups is 1. The van der Waals surface area contributed by atoms with Crippen molar-refractivity contribution in [3.8, 4) is 29.0 Å². The number of esters is 1. The summed E-state index contributed by atoms with van der Waals surface area (Å²) in [7, 11) is 0. The number of aromatic nitrogens is 2. The van der Waals surface area contributed by atoms with Crippen LogP contribution in [0.5, 0.6) is 5.75 Å². The van der Waals surface area contributed by atoms with Gasteiger partial charge in [-0.1, -0.05) is 54.3 Å². The minimum Gasteiger partial charge on any atom is -0.492 e. The van der Waals surface area contributed by atoms with Gasteiger partial charge in [-0.05, 0) is 38.8 Å². The lowest BCUT2D eigenvalue weighted by atomic mass is 10.0. The fourth-order valence-electron chi connectivity index (χ4n) is 3.37. The molecule has 0 unspecified atom stereocenters. The summed E-state index contributed by atoms with van der Waals surface area (Å²) in [5.74, 6) is 7.94. The highest BCUT2D eigenvalue weighted by atomic mass is 16.5. The summed E-state index contributed by atoms with van der Waals surface area (Å²) in [5.41, 5.74) is 3.80. The van der Waals surface area contributed by atoms with Gasteiger partial charge in [-0.15, -0.1) is 0 Å². The zero-order chi connectivity index (χ0) is 22.1. The number of nitrogens with zero attached hydrogens (tertiary/aromatic N) is 2. The Morgan fingerprint density at radius 3 is 2.61 bits per heavy atom. The average Bonchev–Trinajstić information content (AvgIpc) is 3.15. The molecule has 0 saturated heterocycles. The predicted molar refractivity (Wildman–Crippen MR) is 122 cm³/mol. The Morgan fingerprint density at radius 2 is 1.87 bits per heavy atom. The first kappa shape index (κ1) is 22.2. The average molecular weight is 417 g/mol. The quantitative estimate of drug-likeness (QED) is 0.391. The molecule has 0 spiro atoms. The maximum absolute atomic E-state index is 11.8. The fourth-order valence-corrected chi connectivity index (χ4v) is 3.37. The fraction of sp³-hybridized carbons (Fsp3) is 0.308. The van der Waals surface area contributed by atoms with Crippen LogP contribution in [-0.4, -0.2) is 28.7 Å². The van der Waals surface area contributed by atoms with Gasteiger partial charge in [0.15, 0.2) is 0 Å². The largest absolute Gasteiger partial charge is 0.492 e. The first-order chi connectivity index (χ1) is 15.1. The number of hydrogen-bond acceptors (Lipinski definition) is 4. The summed E-state index contributed by atoms with van der Waals surface area (Å²) in [6.45, 7) is 7.18. The van der Waals surface area contributed by atoms with Crippen LogP contribution >= 0.6 is 0 Å². The van der Waals surface area contributed by atoms with Crippen LogP contribution in [0.4, 0.5) is 0 Å². The molecule has 0 amide bonds. The van der Waals surface area contributed by atoms with Crippen molar-refractivity contribution in [1.29, 1.82) is 0 Å². The van der Waals surface area contributed by atoms with E-state index in [1.54, 1.807) is 0 Å². The molecule has 3 aromatic rings. The molecule has 0 bridgehead atoms. The second kappa shape index (κ2) is 11.0. The van der Waals surface area contributed by atoms with Gasteiger partial charge in [0.05, 0.1) is 31.0 Å². The standard InChI is InChI=1S/C26H28N2O3/c1-4-30-24(29)17-16-22-14-9-13-21(25(22)31-5-2)15-10-18-28-19-20(3)27-26(28)23-11-7-6-8-12-23/h6-9,11-14,19H,4-5,16-18H2,1-3H3. The minimum atomic E-state index is -0.203. The monoisotopic (exact) mass is 416 g/mol. The normalized spacial score (nSPS) is 10.3. The number of hydrogen-bond donors (Lipinski definition) is 0. The Balaban J connectivity index is 1.81. The molecule has 31 heavy (non-hydrogen) atoms. The van der Waals surface area contributed by atoms with Gasteiger partial charge in [0, 0.05) is 18.2 Å². The van der Waals surface area contributed by atoms with Gasteiger partial charge in [-0.25, -0.2) is 4.98 Å². The van der Waals surface area contributed by atoms with Crippen molar-refractivity contribution >= 4 is 5.97 Å². The summed E-state index contributed by atoms with van der Waals surface area (Å²) in [6.07, 6.45) is 2.89. The number of imidazole rings is 1. The Morgan fingerprint density at radius 1 is 1.06 bits per heavy atom. The van der Waals surface area contributed by atoms with Crippen molar-refractivity contribution in [3.63, 3.8) is 0 Å². The van der Waals surface area contributed by atoms with Gasteiger partial charge in [0.1, 0.15) is 11.6 Å². The van der Waals surface area contributed by atoms with E-state index < -0.39 is 0 Å². The SMILES string of the molecule is CCOC(=O)CCc1cccc(C#CCn2cc(C)nc2-c2ccccc2)c1OCC. The van der Waals surface area contributed by atoms with Crippen molar-refractivity contribution < 1.29 is 14.3 Å². The molecule has 0 N–H and O–H groups in total. The van der Waals surface area contributed by atoms with Crippen molar-refractivity contribution in [3.05, 3.63) is 71.5 Å². The molecule has 0 aliphatic rings. The maximum Gasteiger partial charge on any atom is 0.306 e. The lowest BCUT2D eigenvalue weighted by Gasteiger charge is -2.12. The first-order valence-electron chi connectivity index (χ1n) is 10.6. The van der Waals surface area contributed by atoms with E-state index in [1.165, 1.54) is 0 Å². The van der Waals surface area contributed by atoms with Crippen LogP contribution < -0.4 is 4.74 Å². The topological polar surface area (TPSA) is 53.4 Å². The summed E-state index contributed by atoms with van der Waals surface area (Å²) >= 11 is 0. The molecule has 5 nitrogen and oxygen atoms in total. The van der Waals surface area contributed by atoms with E-state index in [2.05, 4.69) is 21.4 Å². The molecular weight excluding hydrogens is 388 g/mol. The third kappa shape index (κ3) is 5.99. The summed E-state index contributed by atoms with van der Waals surface area (Å²) < 4.78 is 13.0. The van der Waals surface area contributed by atoms with E-state index in [0.29, 0.717) is 32.6 Å². The van der Waals surface area contributed by atoms with E-state index in [9.17, 15) is 4.79 Å².